The Balaban J connectivity index is 2.22. The van der Waals surface area contributed by atoms with Gasteiger partial charge in [-0.15, -0.1) is 0 Å². The minimum absolute atomic E-state index is 1.07. The summed E-state index contributed by atoms with van der Waals surface area (Å²) in [4.78, 5) is 0. The molecule has 0 unspecified atom stereocenters. The molecule has 0 amide bonds. The van der Waals surface area contributed by atoms with Gasteiger partial charge in [-0.2, -0.15) is 0 Å². The molecule has 0 saturated carbocycles. The van der Waals surface area contributed by atoms with Crippen molar-refractivity contribution in [2.24, 2.45) is 0 Å². The number of allylic oxidation sites excluding steroid dienone is 3. The molecule has 0 saturated heterocycles. The molecule has 3 radical (unpaired) electrons. The quantitative estimate of drug-likeness (QED) is 0.539. The van der Waals surface area contributed by atoms with Crippen LogP contribution >= 0.6 is 0 Å². The number of hydrogen-bond donors (Lipinski definition) is 0. The van der Waals surface area contributed by atoms with E-state index in [1.54, 1.807) is 5.57 Å². The lowest BCUT2D eigenvalue weighted by atomic mass is 9.93. The maximum Gasteiger partial charge on any atom is 0.341 e. The summed E-state index contributed by atoms with van der Waals surface area (Å²) in [5.74, 6) is 1.07. The van der Waals surface area contributed by atoms with Crippen molar-refractivity contribution in [2.75, 3.05) is 0 Å². The van der Waals surface area contributed by atoms with Gasteiger partial charge in [0.15, 0.2) is 0 Å². The van der Waals surface area contributed by atoms with Crippen molar-refractivity contribution < 1.29 is 4.43 Å². The second-order valence-corrected chi connectivity index (χ2v) is 3.37. The highest BCUT2D eigenvalue weighted by atomic mass is 28.2. The summed E-state index contributed by atoms with van der Waals surface area (Å²) >= 11 is 0. The molecule has 0 spiro atoms. The van der Waals surface area contributed by atoms with E-state index in [-0.39, 0.29) is 0 Å². The van der Waals surface area contributed by atoms with Gasteiger partial charge in [-0.1, -0.05) is 5.57 Å². The zero-order valence-corrected chi connectivity index (χ0v) is 7.52. The lowest BCUT2D eigenvalue weighted by Crippen LogP contribution is -1.98. The zero-order chi connectivity index (χ0) is 7.68. The molecule has 2 aliphatic rings. The molecule has 57 valence electrons. The van der Waals surface area contributed by atoms with E-state index in [2.05, 4.69) is 16.6 Å². The standard InChI is InChI=1S/C9H11OSi/c11-10-9-6-5-7-3-1-2-4-8(7)9/h6H,1-5H2. The third-order valence-corrected chi connectivity index (χ3v) is 2.74. The van der Waals surface area contributed by atoms with Gasteiger partial charge >= 0.3 is 10.5 Å². The van der Waals surface area contributed by atoms with Crippen LogP contribution in [0.4, 0.5) is 0 Å². The molecule has 11 heavy (non-hydrogen) atoms. The highest BCUT2D eigenvalue weighted by molar-refractivity contribution is 5.99. The summed E-state index contributed by atoms with van der Waals surface area (Å²) in [6.07, 6.45) is 8.47. The van der Waals surface area contributed by atoms with Crippen molar-refractivity contribution in [1.29, 1.82) is 0 Å². The van der Waals surface area contributed by atoms with Gasteiger partial charge < -0.3 is 4.43 Å². The summed E-state index contributed by atoms with van der Waals surface area (Å²) in [5, 5.41) is 0. The summed E-state index contributed by atoms with van der Waals surface area (Å²) < 4.78 is 5.09. The molecule has 0 aromatic rings. The molecular formula is C9H11OSi. The van der Waals surface area contributed by atoms with Crippen molar-refractivity contribution >= 4 is 10.5 Å². The summed E-state index contributed by atoms with van der Waals surface area (Å²) in [5.41, 5.74) is 3.07. The molecule has 0 bridgehead atoms. The van der Waals surface area contributed by atoms with Crippen LogP contribution in [0, 0.1) is 0 Å². The highest BCUT2D eigenvalue weighted by Crippen LogP contribution is 2.36. The van der Waals surface area contributed by atoms with E-state index >= 15 is 0 Å². The highest BCUT2D eigenvalue weighted by Gasteiger charge is 2.20. The van der Waals surface area contributed by atoms with E-state index in [0.29, 0.717) is 0 Å². The second-order valence-electron chi connectivity index (χ2n) is 3.16. The van der Waals surface area contributed by atoms with Crippen LogP contribution in [0.1, 0.15) is 32.1 Å². The molecule has 0 heterocycles. The van der Waals surface area contributed by atoms with Crippen LogP contribution < -0.4 is 0 Å². The van der Waals surface area contributed by atoms with Crippen molar-refractivity contribution in [3.63, 3.8) is 0 Å². The van der Waals surface area contributed by atoms with Crippen LogP contribution in [0.2, 0.25) is 0 Å². The third-order valence-electron chi connectivity index (χ3n) is 2.52. The van der Waals surface area contributed by atoms with Gasteiger partial charge in [-0.25, -0.2) is 0 Å². The fourth-order valence-corrected chi connectivity index (χ4v) is 2.14. The Bertz CT molecular complexity index is 228. The first-order valence-electron chi connectivity index (χ1n) is 4.17. The molecule has 0 aliphatic heterocycles. The molecule has 0 aromatic heterocycles. The van der Waals surface area contributed by atoms with Gasteiger partial charge in [-0.3, -0.25) is 0 Å². The predicted molar refractivity (Wildman–Crippen MR) is 45.0 cm³/mol. The summed E-state index contributed by atoms with van der Waals surface area (Å²) in [6, 6.07) is 0. The Hall–Kier alpha value is -0.503. The van der Waals surface area contributed by atoms with Crippen LogP contribution in [-0.4, -0.2) is 10.5 Å². The fraction of sp³-hybridized carbons (Fsp3) is 0.556. The van der Waals surface area contributed by atoms with Gasteiger partial charge in [0.1, 0.15) is 5.76 Å². The Morgan fingerprint density at radius 1 is 1.27 bits per heavy atom. The fourth-order valence-electron chi connectivity index (χ4n) is 1.93. The Morgan fingerprint density at radius 2 is 2.09 bits per heavy atom. The van der Waals surface area contributed by atoms with Gasteiger partial charge in [0.2, 0.25) is 0 Å². The topological polar surface area (TPSA) is 9.23 Å². The van der Waals surface area contributed by atoms with Crippen LogP contribution in [0.5, 0.6) is 0 Å². The van der Waals surface area contributed by atoms with E-state index in [1.165, 1.54) is 31.3 Å². The molecule has 1 nitrogen and oxygen atoms in total. The first kappa shape index (κ1) is 7.16. The van der Waals surface area contributed by atoms with Crippen molar-refractivity contribution in [1.82, 2.24) is 0 Å². The van der Waals surface area contributed by atoms with E-state index in [9.17, 15) is 0 Å². The van der Waals surface area contributed by atoms with Gasteiger partial charge in [0, 0.05) is 0 Å². The van der Waals surface area contributed by atoms with Gasteiger partial charge in [0.05, 0.1) is 0 Å². The first-order chi connectivity index (χ1) is 5.42. The average molecular weight is 163 g/mol. The van der Waals surface area contributed by atoms with E-state index < -0.39 is 0 Å². The molecule has 0 atom stereocenters. The van der Waals surface area contributed by atoms with E-state index in [1.807, 2.05) is 0 Å². The number of rotatable bonds is 1. The monoisotopic (exact) mass is 163 g/mol. The second kappa shape index (κ2) is 2.86. The third kappa shape index (κ3) is 1.16. The van der Waals surface area contributed by atoms with Gasteiger partial charge in [0.25, 0.3) is 0 Å². The van der Waals surface area contributed by atoms with Crippen LogP contribution in [0.15, 0.2) is 23.0 Å². The zero-order valence-electron chi connectivity index (χ0n) is 6.52. The van der Waals surface area contributed by atoms with Gasteiger partial charge in [-0.05, 0) is 43.8 Å². The largest absolute Gasteiger partial charge is 0.540 e. The molecular weight excluding hydrogens is 152 g/mol. The summed E-state index contributed by atoms with van der Waals surface area (Å²) in [7, 11) is 3.08. The summed E-state index contributed by atoms with van der Waals surface area (Å²) in [6.45, 7) is 0. The smallest absolute Gasteiger partial charge is 0.341 e. The predicted octanol–water partition coefficient (Wildman–Crippen LogP) is 2.24. The van der Waals surface area contributed by atoms with Crippen LogP contribution in [0.3, 0.4) is 0 Å². The van der Waals surface area contributed by atoms with Crippen LogP contribution in [-0.2, 0) is 4.43 Å². The Labute approximate surface area is 70.7 Å². The van der Waals surface area contributed by atoms with Crippen molar-refractivity contribution in [3.05, 3.63) is 23.0 Å². The molecule has 0 aromatic carbocycles. The van der Waals surface area contributed by atoms with Crippen molar-refractivity contribution in [3.8, 4) is 0 Å². The molecule has 2 heteroatoms. The molecule has 0 fully saturated rings. The molecule has 0 N–H and O–H groups in total. The maximum atomic E-state index is 5.09. The van der Waals surface area contributed by atoms with Crippen LogP contribution in [0.25, 0.3) is 0 Å². The van der Waals surface area contributed by atoms with E-state index in [0.717, 1.165) is 12.2 Å². The molecule has 2 rings (SSSR count). The molecule has 2 aliphatic carbocycles. The first-order valence-corrected chi connectivity index (χ1v) is 4.57. The Kier molecular flexibility index (Phi) is 1.86. The minimum atomic E-state index is 1.07. The Morgan fingerprint density at radius 3 is 2.91 bits per heavy atom. The van der Waals surface area contributed by atoms with E-state index in [4.69, 9.17) is 4.43 Å². The minimum Gasteiger partial charge on any atom is -0.540 e. The van der Waals surface area contributed by atoms with Crippen molar-refractivity contribution in [2.45, 2.75) is 32.1 Å². The normalized spacial score (nSPS) is 23.2. The SMILES string of the molecule is [Si]OC1=CCC2=C1CCCC2. The lowest BCUT2D eigenvalue weighted by molar-refractivity contribution is 0.472. The lowest BCUT2D eigenvalue weighted by Gasteiger charge is -2.15. The number of hydrogen-bond acceptors (Lipinski definition) is 1. The average Bonchev–Trinajstić information content (AvgIpc) is 2.47. The maximum absolute atomic E-state index is 5.09.